The summed E-state index contributed by atoms with van der Waals surface area (Å²) in [4.78, 5) is 6.73. The highest BCUT2D eigenvalue weighted by molar-refractivity contribution is 6.31. The number of fused-ring (bicyclic) bond motifs is 1. The molecule has 0 saturated carbocycles. The number of nitrogens with one attached hydrogen (secondary N) is 1. The minimum atomic E-state index is 0.318. The molecule has 4 nitrogen and oxygen atoms in total. The van der Waals surface area contributed by atoms with Gasteiger partial charge in [0.2, 0.25) is 0 Å². The Balaban J connectivity index is 1.91. The van der Waals surface area contributed by atoms with Gasteiger partial charge in [-0.3, -0.25) is 9.88 Å². The molecule has 0 spiro atoms. The Morgan fingerprint density at radius 3 is 2.48 bits per heavy atom. The van der Waals surface area contributed by atoms with Gasteiger partial charge >= 0.3 is 0 Å². The van der Waals surface area contributed by atoms with Gasteiger partial charge in [0.05, 0.1) is 5.52 Å². The van der Waals surface area contributed by atoms with Gasteiger partial charge in [-0.1, -0.05) is 11.6 Å². The molecule has 0 aliphatic rings. The fourth-order valence-electron chi connectivity index (χ4n) is 3.33. The van der Waals surface area contributed by atoms with Crippen LogP contribution in [0.5, 0.6) is 5.75 Å². The number of phenolic OH excluding ortho intramolecular Hbond substituents is 1. The van der Waals surface area contributed by atoms with Gasteiger partial charge in [-0.05, 0) is 70.2 Å². The largest absolute Gasteiger partial charge is 0.508 e. The third kappa shape index (κ3) is 4.52. The monoisotopic (exact) mass is 383 g/mol. The average Bonchev–Trinajstić information content (AvgIpc) is 2.61. The Bertz CT molecular complexity index is 932. The van der Waals surface area contributed by atoms with Crippen LogP contribution >= 0.6 is 11.6 Å². The molecule has 5 heteroatoms. The lowest BCUT2D eigenvalue weighted by molar-refractivity contribution is 0.164. The molecule has 142 valence electrons. The number of aromatic nitrogens is 1. The van der Waals surface area contributed by atoms with Crippen LogP contribution in [0.15, 0.2) is 48.7 Å². The molecule has 2 N–H and O–H groups in total. The molecule has 0 aliphatic carbocycles. The minimum Gasteiger partial charge on any atom is -0.508 e. The normalized spacial score (nSPS) is 11.7. The summed E-state index contributed by atoms with van der Waals surface area (Å²) in [6.07, 6.45) is 1.77. The smallest absolute Gasteiger partial charge is 0.120 e. The number of hydrogen-bond donors (Lipinski definition) is 2. The van der Waals surface area contributed by atoms with Crippen LogP contribution in [0.3, 0.4) is 0 Å². The first-order valence-electron chi connectivity index (χ1n) is 9.24. The highest BCUT2D eigenvalue weighted by atomic mass is 35.5. The van der Waals surface area contributed by atoms with Crippen LogP contribution in [0.2, 0.25) is 5.02 Å². The molecule has 1 aromatic heterocycles. The number of halogens is 1. The lowest BCUT2D eigenvalue weighted by Crippen LogP contribution is -2.36. The first kappa shape index (κ1) is 19.5. The van der Waals surface area contributed by atoms with Gasteiger partial charge in [0.1, 0.15) is 5.75 Å². The molecule has 0 saturated heterocycles. The van der Waals surface area contributed by atoms with E-state index in [0.29, 0.717) is 29.4 Å². The number of anilines is 2. The third-order valence-corrected chi connectivity index (χ3v) is 4.98. The van der Waals surface area contributed by atoms with Gasteiger partial charge in [-0.25, -0.2) is 0 Å². The zero-order valence-corrected chi connectivity index (χ0v) is 17.0. The van der Waals surface area contributed by atoms with Crippen molar-refractivity contribution in [2.24, 2.45) is 0 Å². The highest BCUT2D eigenvalue weighted by Gasteiger charge is 2.16. The van der Waals surface area contributed by atoms with Gasteiger partial charge < -0.3 is 10.4 Å². The number of rotatable bonds is 6. The summed E-state index contributed by atoms with van der Waals surface area (Å²) < 4.78 is 0. The molecule has 2 aromatic carbocycles. The molecule has 0 amide bonds. The summed E-state index contributed by atoms with van der Waals surface area (Å²) in [5, 5.41) is 15.5. The van der Waals surface area contributed by atoms with E-state index in [1.54, 1.807) is 12.3 Å². The van der Waals surface area contributed by atoms with E-state index >= 15 is 0 Å². The molecule has 1 heterocycles. The Hall–Kier alpha value is -2.30. The van der Waals surface area contributed by atoms with E-state index in [0.717, 1.165) is 27.8 Å². The van der Waals surface area contributed by atoms with Crippen molar-refractivity contribution in [2.75, 3.05) is 5.32 Å². The molecule has 0 aliphatic heterocycles. The highest BCUT2D eigenvalue weighted by Crippen LogP contribution is 2.30. The molecule has 0 unspecified atom stereocenters. The van der Waals surface area contributed by atoms with Crippen LogP contribution in [0.1, 0.15) is 33.3 Å². The summed E-state index contributed by atoms with van der Waals surface area (Å²) in [7, 11) is 0. The number of aromatic hydroxyl groups is 1. The number of hydrogen-bond acceptors (Lipinski definition) is 4. The second-order valence-electron chi connectivity index (χ2n) is 7.35. The average molecular weight is 384 g/mol. The lowest BCUT2D eigenvalue weighted by atomic mass is 10.1. The minimum absolute atomic E-state index is 0.318. The predicted octanol–water partition coefficient (Wildman–Crippen LogP) is 5.96. The van der Waals surface area contributed by atoms with Crippen molar-refractivity contribution in [1.82, 2.24) is 9.88 Å². The maximum absolute atomic E-state index is 10.3. The first-order chi connectivity index (χ1) is 12.8. The van der Waals surface area contributed by atoms with E-state index in [-0.39, 0.29) is 0 Å². The molecular formula is C22H26ClN3O. The van der Waals surface area contributed by atoms with E-state index in [9.17, 15) is 5.11 Å². The summed E-state index contributed by atoms with van der Waals surface area (Å²) in [6.45, 7) is 9.39. The van der Waals surface area contributed by atoms with Gasteiger partial charge in [0.15, 0.2) is 0 Å². The number of nitrogens with zero attached hydrogens (tertiary/aromatic N) is 2. The van der Waals surface area contributed by atoms with Gasteiger partial charge in [0, 0.05) is 52.2 Å². The van der Waals surface area contributed by atoms with Crippen molar-refractivity contribution < 1.29 is 5.11 Å². The van der Waals surface area contributed by atoms with Crippen LogP contribution in [0.25, 0.3) is 10.9 Å². The van der Waals surface area contributed by atoms with Crippen molar-refractivity contribution in [2.45, 2.75) is 46.3 Å². The Kier molecular flexibility index (Phi) is 5.88. The second-order valence-corrected chi connectivity index (χ2v) is 7.78. The van der Waals surface area contributed by atoms with Gasteiger partial charge in [-0.15, -0.1) is 0 Å². The topological polar surface area (TPSA) is 48.4 Å². The molecule has 3 aromatic rings. The third-order valence-electron chi connectivity index (χ3n) is 4.74. The standard InChI is InChI=1S/C22H26ClN3O/c1-14(2)26(15(3)4)13-16-11-18(6-8-22(16)27)25-20-9-10-24-21-12-17(23)5-7-19(20)21/h5-12,14-15,27H,13H2,1-4H3,(H,24,25). The van der Waals surface area contributed by atoms with E-state index < -0.39 is 0 Å². The summed E-state index contributed by atoms with van der Waals surface area (Å²) in [6, 6.07) is 14.1. The number of phenols is 1. The maximum Gasteiger partial charge on any atom is 0.120 e. The van der Waals surface area contributed by atoms with Crippen LogP contribution in [0.4, 0.5) is 11.4 Å². The molecule has 0 radical (unpaired) electrons. The zero-order chi connectivity index (χ0) is 19.6. The fourth-order valence-corrected chi connectivity index (χ4v) is 3.50. The van der Waals surface area contributed by atoms with E-state index in [1.165, 1.54) is 0 Å². The molecule has 27 heavy (non-hydrogen) atoms. The number of pyridine rings is 1. The molecular weight excluding hydrogens is 358 g/mol. The predicted molar refractivity (Wildman–Crippen MR) is 114 cm³/mol. The summed E-state index contributed by atoms with van der Waals surface area (Å²) in [5.41, 5.74) is 3.64. The molecule has 0 bridgehead atoms. The summed E-state index contributed by atoms with van der Waals surface area (Å²) in [5.74, 6) is 0.318. The SMILES string of the molecule is CC(C)N(Cc1cc(Nc2ccnc3cc(Cl)ccc23)ccc1O)C(C)C. The van der Waals surface area contributed by atoms with Gasteiger partial charge in [0.25, 0.3) is 0 Å². The molecule has 3 rings (SSSR count). The first-order valence-corrected chi connectivity index (χ1v) is 9.62. The van der Waals surface area contributed by atoms with Crippen molar-refractivity contribution in [1.29, 1.82) is 0 Å². The van der Waals surface area contributed by atoms with Crippen molar-refractivity contribution in [3.8, 4) is 5.75 Å². The lowest BCUT2D eigenvalue weighted by Gasteiger charge is -2.30. The fraction of sp³-hybridized carbons (Fsp3) is 0.318. The molecule has 0 atom stereocenters. The van der Waals surface area contributed by atoms with E-state index in [1.807, 2.05) is 36.4 Å². The van der Waals surface area contributed by atoms with Crippen LogP contribution in [-0.4, -0.2) is 27.1 Å². The Morgan fingerprint density at radius 2 is 1.78 bits per heavy atom. The maximum atomic E-state index is 10.3. The molecule has 0 fully saturated rings. The van der Waals surface area contributed by atoms with E-state index in [2.05, 4.69) is 42.9 Å². The van der Waals surface area contributed by atoms with Crippen LogP contribution in [0, 0.1) is 0 Å². The van der Waals surface area contributed by atoms with Crippen molar-refractivity contribution >= 4 is 33.9 Å². The van der Waals surface area contributed by atoms with Gasteiger partial charge in [-0.2, -0.15) is 0 Å². The summed E-state index contributed by atoms with van der Waals surface area (Å²) >= 11 is 6.08. The Morgan fingerprint density at radius 1 is 1.04 bits per heavy atom. The number of benzene rings is 2. The van der Waals surface area contributed by atoms with Crippen LogP contribution in [-0.2, 0) is 6.54 Å². The quantitative estimate of drug-likeness (QED) is 0.516. The van der Waals surface area contributed by atoms with Crippen LogP contribution < -0.4 is 5.32 Å². The van der Waals surface area contributed by atoms with E-state index in [4.69, 9.17) is 11.6 Å². The van der Waals surface area contributed by atoms with Crippen molar-refractivity contribution in [3.05, 3.63) is 59.2 Å². The van der Waals surface area contributed by atoms with Crippen molar-refractivity contribution in [3.63, 3.8) is 0 Å². The Labute approximate surface area is 165 Å². The zero-order valence-electron chi connectivity index (χ0n) is 16.2. The second kappa shape index (κ2) is 8.15.